The highest BCUT2D eigenvalue weighted by Gasteiger charge is 2.18. The quantitative estimate of drug-likeness (QED) is 0.0320. The van der Waals surface area contributed by atoms with Gasteiger partial charge in [0.25, 0.3) is 0 Å². The molecule has 2 unspecified atom stereocenters. The van der Waals surface area contributed by atoms with Crippen molar-refractivity contribution in [3.8, 4) is 0 Å². The Bertz CT molecular complexity index is 1170. The number of hydrogen-bond acceptors (Lipinski definition) is 5. The molecule has 0 aromatic carbocycles. The Labute approximate surface area is 469 Å². The zero-order valence-electron chi connectivity index (χ0n) is 50.8. The van der Waals surface area contributed by atoms with E-state index in [1.165, 1.54) is 315 Å². The Kier molecular flexibility index (Phi) is 63.4. The Hall–Kier alpha value is -1.66. The average Bonchev–Trinajstić information content (AvgIpc) is 3.41. The molecule has 444 valence electrons. The van der Waals surface area contributed by atoms with E-state index in [1.54, 1.807) is 6.08 Å². The molecule has 6 nitrogen and oxygen atoms in total. The monoisotopic (exact) mass is 1060 g/mol. The minimum Gasteiger partial charge on any atom is -0.466 e. The normalized spacial score (nSPS) is 12.6. The van der Waals surface area contributed by atoms with Gasteiger partial charge in [-0.25, -0.2) is 0 Å². The van der Waals surface area contributed by atoms with Gasteiger partial charge >= 0.3 is 5.97 Å². The van der Waals surface area contributed by atoms with Crippen molar-refractivity contribution in [2.24, 2.45) is 0 Å². The molecule has 0 saturated carbocycles. The molecule has 0 aromatic heterocycles. The minimum atomic E-state index is -0.845. The molecule has 0 bridgehead atoms. The summed E-state index contributed by atoms with van der Waals surface area (Å²) >= 11 is 0. The van der Waals surface area contributed by atoms with Crippen LogP contribution in [0.3, 0.4) is 0 Å². The van der Waals surface area contributed by atoms with E-state index in [0.717, 1.165) is 38.5 Å². The summed E-state index contributed by atoms with van der Waals surface area (Å²) in [5, 5.41) is 23.2. The van der Waals surface area contributed by atoms with Crippen LogP contribution in [0.25, 0.3) is 0 Å². The van der Waals surface area contributed by atoms with E-state index in [-0.39, 0.29) is 18.5 Å². The maximum Gasteiger partial charge on any atom is 0.305 e. The first-order valence-corrected chi connectivity index (χ1v) is 34.1. The lowest BCUT2D eigenvalue weighted by atomic mass is 10.0. The summed E-state index contributed by atoms with van der Waals surface area (Å²) in [5.41, 5.74) is 0. The van der Waals surface area contributed by atoms with Crippen molar-refractivity contribution in [3.63, 3.8) is 0 Å². The Morgan fingerprint density at radius 2 is 0.627 bits per heavy atom. The highest BCUT2D eigenvalue weighted by Crippen LogP contribution is 2.18. The maximum absolute atomic E-state index is 12.5. The standard InChI is InChI=1S/C69H133NO5/c1-3-5-7-9-11-13-15-17-19-33-37-41-45-49-53-57-61-67(72)66(65-71)70-68(73)62-58-54-50-46-42-38-34-31-29-27-25-23-21-22-24-26-28-30-32-36-40-44-48-52-56-60-64-75-69(74)63-59-55-51-47-43-39-35-20-18-16-14-12-10-8-6-4-2/h21,23,57,61,66-67,71-72H,3-20,22,24-56,58-60,62-65H2,1-2H3,(H,70,73)/b23-21-,61-57+. The van der Waals surface area contributed by atoms with Crippen LogP contribution in [0.4, 0.5) is 0 Å². The third kappa shape index (κ3) is 61.4. The first-order valence-electron chi connectivity index (χ1n) is 34.1. The van der Waals surface area contributed by atoms with Crippen LogP contribution in [0.2, 0.25) is 0 Å². The number of carbonyl (C=O) groups excluding carboxylic acids is 2. The molecule has 6 heteroatoms. The number of rotatable bonds is 64. The number of amides is 1. The van der Waals surface area contributed by atoms with Gasteiger partial charge in [0.1, 0.15) is 0 Å². The molecule has 75 heavy (non-hydrogen) atoms. The van der Waals surface area contributed by atoms with Crippen molar-refractivity contribution in [3.05, 3.63) is 24.3 Å². The van der Waals surface area contributed by atoms with Crippen molar-refractivity contribution in [1.82, 2.24) is 5.32 Å². The highest BCUT2D eigenvalue weighted by molar-refractivity contribution is 5.76. The lowest BCUT2D eigenvalue weighted by molar-refractivity contribution is -0.143. The molecule has 0 aliphatic heterocycles. The molecule has 1 amide bonds. The van der Waals surface area contributed by atoms with Crippen molar-refractivity contribution in [1.29, 1.82) is 0 Å². The molecule has 0 aromatic rings. The minimum absolute atomic E-state index is 0.0180. The topological polar surface area (TPSA) is 95.9 Å². The number of nitrogens with one attached hydrogen (secondary N) is 1. The maximum atomic E-state index is 12.5. The lowest BCUT2D eigenvalue weighted by Gasteiger charge is -2.20. The average molecular weight is 1060 g/mol. The van der Waals surface area contributed by atoms with Crippen LogP contribution in [0.15, 0.2) is 24.3 Å². The van der Waals surface area contributed by atoms with Gasteiger partial charge in [-0.05, 0) is 57.8 Å². The van der Waals surface area contributed by atoms with Gasteiger partial charge in [0.2, 0.25) is 5.91 Å². The molecule has 0 saturated heterocycles. The van der Waals surface area contributed by atoms with Gasteiger partial charge in [-0.1, -0.05) is 334 Å². The predicted molar refractivity (Wildman–Crippen MR) is 329 cm³/mol. The van der Waals surface area contributed by atoms with Gasteiger partial charge in [-0.2, -0.15) is 0 Å². The second-order valence-electron chi connectivity index (χ2n) is 23.5. The molecule has 0 aliphatic carbocycles. The number of ether oxygens (including phenoxy) is 1. The van der Waals surface area contributed by atoms with Crippen molar-refractivity contribution in [2.45, 2.75) is 392 Å². The Balaban J connectivity index is 3.39. The number of aliphatic hydroxyl groups is 2. The second-order valence-corrected chi connectivity index (χ2v) is 23.5. The fraction of sp³-hybridized carbons (Fsp3) is 0.913. The Morgan fingerprint density at radius 3 is 0.947 bits per heavy atom. The summed E-state index contributed by atoms with van der Waals surface area (Å²) in [5.74, 6) is -0.0493. The van der Waals surface area contributed by atoms with Crippen molar-refractivity contribution in [2.75, 3.05) is 13.2 Å². The van der Waals surface area contributed by atoms with E-state index in [4.69, 9.17) is 4.74 Å². The smallest absolute Gasteiger partial charge is 0.305 e. The fourth-order valence-corrected chi connectivity index (χ4v) is 10.7. The molecule has 3 N–H and O–H groups in total. The highest BCUT2D eigenvalue weighted by atomic mass is 16.5. The Morgan fingerprint density at radius 1 is 0.360 bits per heavy atom. The van der Waals surface area contributed by atoms with Crippen molar-refractivity contribution >= 4 is 11.9 Å². The first-order chi connectivity index (χ1) is 37.0. The third-order valence-electron chi connectivity index (χ3n) is 16.0. The summed E-state index contributed by atoms with van der Waals surface area (Å²) in [6, 6.07) is -0.629. The number of allylic oxidation sites excluding steroid dienone is 3. The zero-order valence-corrected chi connectivity index (χ0v) is 50.8. The summed E-state index contributed by atoms with van der Waals surface area (Å²) in [7, 11) is 0. The number of aliphatic hydroxyl groups excluding tert-OH is 2. The zero-order chi connectivity index (χ0) is 54.3. The van der Waals surface area contributed by atoms with E-state index in [0.29, 0.717) is 19.4 Å². The fourth-order valence-electron chi connectivity index (χ4n) is 10.7. The van der Waals surface area contributed by atoms with Crippen molar-refractivity contribution < 1.29 is 24.5 Å². The van der Waals surface area contributed by atoms with Crippen LogP contribution in [-0.2, 0) is 14.3 Å². The lowest BCUT2D eigenvalue weighted by Crippen LogP contribution is -2.45. The van der Waals surface area contributed by atoms with Gasteiger partial charge < -0.3 is 20.3 Å². The number of hydrogen-bond donors (Lipinski definition) is 3. The van der Waals surface area contributed by atoms with Gasteiger partial charge in [0, 0.05) is 12.8 Å². The van der Waals surface area contributed by atoms with Crippen LogP contribution in [0, 0.1) is 0 Å². The molecule has 2 atom stereocenters. The van der Waals surface area contributed by atoms with Crippen LogP contribution in [-0.4, -0.2) is 47.4 Å². The van der Waals surface area contributed by atoms with Gasteiger partial charge in [-0.15, -0.1) is 0 Å². The van der Waals surface area contributed by atoms with E-state index in [2.05, 4.69) is 31.3 Å². The van der Waals surface area contributed by atoms with Crippen LogP contribution >= 0.6 is 0 Å². The largest absolute Gasteiger partial charge is 0.466 e. The molecule has 0 heterocycles. The summed E-state index contributed by atoms with van der Waals surface area (Å²) in [4.78, 5) is 24.6. The molecule has 0 radical (unpaired) electrons. The summed E-state index contributed by atoms with van der Waals surface area (Å²) < 4.78 is 5.50. The molecular formula is C69H133NO5. The van der Waals surface area contributed by atoms with E-state index < -0.39 is 12.1 Å². The first kappa shape index (κ1) is 73.3. The molecular weight excluding hydrogens is 923 g/mol. The van der Waals surface area contributed by atoms with E-state index in [9.17, 15) is 19.8 Å². The van der Waals surface area contributed by atoms with E-state index in [1.807, 2.05) is 6.08 Å². The SMILES string of the molecule is CCCCCCCCCCCCCCCC/C=C/C(O)C(CO)NC(=O)CCCCCCCCCCCC/C=C\CCCCCCCCCCCCCCOC(=O)CCCCCCCCCCCCCCCCCC. The van der Waals surface area contributed by atoms with Gasteiger partial charge in [-0.3, -0.25) is 9.59 Å². The number of carbonyl (C=O) groups is 2. The molecule has 0 rings (SSSR count). The molecule has 0 spiro atoms. The molecule has 0 aliphatic rings. The van der Waals surface area contributed by atoms with Gasteiger partial charge in [0.05, 0.1) is 25.4 Å². The van der Waals surface area contributed by atoms with E-state index >= 15 is 0 Å². The van der Waals surface area contributed by atoms with Gasteiger partial charge in [0.15, 0.2) is 0 Å². The summed E-state index contributed by atoms with van der Waals surface area (Å²) in [6.45, 7) is 4.94. The number of esters is 1. The predicted octanol–water partition coefficient (Wildman–Crippen LogP) is 21.8. The molecule has 0 fully saturated rings. The van der Waals surface area contributed by atoms with Crippen LogP contribution in [0.5, 0.6) is 0 Å². The third-order valence-corrected chi connectivity index (χ3v) is 16.0. The number of unbranched alkanes of at least 4 members (excludes halogenated alkanes) is 51. The summed E-state index contributed by atoms with van der Waals surface area (Å²) in [6.07, 6.45) is 81.0. The second kappa shape index (κ2) is 64.9. The van der Waals surface area contributed by atoms with Crippen LogP contribution in [0.1, 0.15) is 380 Å². The van der Waals surface area contributed by atoms with Crippen LogP contribution < -0.4 is 5.32 Å².